The molecular formula is C3H10N2. The van der Waals surface area contributed by atoms with E-state index in [0.29, 0.717) is 13.1 Å². The molecule has 0 unspecified atom stereocenters. The second kappa shape index (κ2) is 3.92. The van der Waals surface area contributed by atoms with Gasteiger partial charge in [-0.3, -0.25) is 0 Å². The standard InChI is InChI=1S/C3H10N2/c4-2-1-3-5/h1-5H2/i/hD. The summed E-state index contributed by atoms with van der Waals surface area (Å²) in [6.07, 6.45) is 0.892. The molecule has 0 aromatic carbocycles. The maximum Gasteiger partial charge on any atom is 0.118 e. The molecule has 0 heterocycles. The first-order chi connectivity index (χ1) is 2.91. The maximum absolute atomic E-state index is 6.40. The van der Waals surface area contributed by atoms with Crippen molar-refractivity contribution in [3.05, 3.63) is 0 Å². The number of hydrogen-bond donors (Lipinski definition) is 2. The summed E-state index contributed by atoms with van der Waals surface area (Å²) in [5.74, 6) is 0. The first kappa shape index (κ1) is 3.12. The van der Waals surface area contributed by atoms with E-state index in [1.165, 1.54) is 0 Å². The van der Waals surface area contributed by atoms with Crippen LogP contribution in [0.15, 0.2) is 0 Å². The molecule has 2 heteroatoms. The van der Waals surface area contributed by atoms with Gasteiger partial charge in [-0.15, -0.1) is 0 Å². The molecule has 2 nitrogen and oxygen atoms in total. The van der Waals surface area contributed by atoms with Gasteiger partial charge in [-0.2, -0.15) is 0 Å². The lowest BCUT2D eigenvalue weighted by atomic mass is 10.4. The van der Waals surface area contributed by atoms with Gasteiger partial charge in [0.15, 0.2) is 0 Å². The third kappa shape index (κ3) is 3.92. The average Bonchev–Trinajstić information content (AvgIpc) is 1.61. The molecule has 0 radical (unpaired) electrons. The Labute approximate surface area is 33.6 Å². The van der Waals surface area contributed by atoms with E-state index < -0.39 is 0 Å². The van der Waals surface area contributed by atoms with E-state index in [0.717, 1.165) is 6.42 Å². The van der Waals surface area contributed by atoms with Crippen molar-refractivity contribution >= 4 is 0 Å². The van der Waals surface area contributed by atoms with Gasteiger partial charge in [0.05, 0.1) is 0 Å². The van der Waals surface area contributed by atoms with E-state index in [4.69, 9.17) is 7.15 Å². The summed E-state index contributed by atoms with van der Waals surface area (Å²) in [6.45, 7) is 1.38. The van der Waals surface area contributed by atoms with Crippen molar-refractivity contribution in [2.75, 3.05) is 13.1 Å². The summed E-state index contributed by atoms with van der Waals surface area (Å²) in [4.78, 5) is 0. The first-order valence-corrected chi connectivity index (χ1v) is 1.76. The van der Waals surface area contributed by atoms with Crippen LogP contribution in [0, 0.1) is 0 Å². The van der Waals surface area contributed by atoms with Gasteiger partial charge in [-0.25, -0.2) is 0 Å². The predicted molar refractivity (Wildman–Crippen MR) is 22.7 cm³/mol. The largest absolute Gasteiger partial charge is 0.330 e. The van der Waals surface area contributed by atoms with Crippen LogP contribution in [0.3, 0.4) is 0 Å². The van der Waals surface area contributed by atoms with Gasteiger partial charge in [-0.05, 0) is 19.5 Å². The maximum atomic E-state index is 6.40. The first-order valence-electron chi connectivity index (χ1n) is 2.26. The SMILES string of the molecule is [2H]NCCCN. The van der Waals surface area contributed by atoms with Crippen LogP contribution in [-0.4, -0.2) is 13.1 Å². The molecule has 0 aromatic rings. The zero-order chi connectivity index (χ0) is 4.83. The highest BCUT2D eigenvalue weighted by Gasteiger charge is 1.67. The minimum atomic E-state index is 0.672. The van der Waals surface area contributed by atoms with Gasteiger partial charge in [-0.1, -0.05) is 0 Å². The molecule has 0 aliphatic rings. The molecule has 5 heavy (non-hydrogen) atoms. The molecule has 0 aliphatic carbocycles. The number of hydrogen-bond acceptors (Lipinski definition) is 2. The lowest BCUT2D eigenvalue weighted by Gasteiger charge is -1.81. The molecule has 0 fully saturated rings. The highest BCUT2D eigenvalue weighted by molar-refractivity contribution is 4.33. The summed E-state index contributed by atoms with van der Waals surface area (Å²) in [7, 11) is 0. The summed E-state index contributed by atoms with van der Waals surface area (Å²) in [6, 6.07) is 0. The normalized spacial score (nSPS) is 11.0. The summed E-state index contributed by atoms with van der Waals surface area (Å²) < 4.78 is 6.40. The fraction of sp³-hybridized carbons (Fsp3) is 1.00. The molecule has 0 aromatic heterocycles. The molecule has 0 bridgehead atoms. The summed E-state index contributed by atoms with van der Waals surface area (Å²) in [5.41, 5.74) is 7.33. The van der Waals surface area contributed by atoms with Crippen LogP contribution in [-0.2, 0) is 0 Å². The molecule has 0 saturated heterocycles. The lowest BCUT2D eigenvalue weighted by Crippen LogP contribution is -2.06. The molecule has 32 valence electrons. The van der Waals surface area contributed by atoms with Gasteiger partial charge in [0.2, 0.25) is 0 Å². The monoisotopic (exact) mass is 75.1 g/mol. The Kier molecular flexibility index (Phi) is 2.45. The van der Waals surface area contributed by atoms with Gasteiger partial charge in [0, 0.05) is 0 Å². The Morgan fingerprint density at radius 1 is 1.60 bits per heavy atom. The average molecular weight is 75.1 g/mol. The van der Waals surface area contributed by atoms with E-state index >= 15 is 0 Å². The zero-order valence-electron chi connectivity index (χ0n) is 4.20. The highest BCUT2D eigenvalue weighted by Crippen LogP contribution is 1.58. The quantitative estimate of drug-likeness (QED) is 0.435. The van der Waals surface area contributed by atoms with Crippen molar-refractivity contribution in [3.8, 4) is 0 Å². The predicted octanol–water partition coefficient (Wildman–Crippen LogP) is -0.706. The molecule has 0 saturated carbocycles. The fourth-order valence-electron chi connectivity index (χ4n) is 0.102. The molecular weight excluding hydrogens is 64.0 g/mol. The Morgan fingerprint density at radius 3 is 2.60 bits per heavy atom. The summed E-state index contributed by atoms with van der Waals surface area (Å²) >= 11 is 0. The smallest absolute Gasteiger partial charge is 0.118 e. The number of nitrogens with two attached hydrogens (primary N) is 2. The fourth-order valence-corrected chi connectivity index (χ4v) is 0.102. The topological polar surface area (TPSA) is 52.0 Å². The number of rotatable bonds is 3. The van der Waals surface area contributed by atoms with Crippen LogP contribution in [0.2, 0.25) is 1.41 Å². The molecule has 0 rings (SSSR count). The van der Waals surface area contributed by atoms with E-state index in [9.17, 15) is 0 Å². The Bertz CT molecular complexity index is 20.8. The lowest BCUT2D eigenvalue weighted by molar-refractivity contribution is 0.844. The molecule has 0 spiro atoms. The van der Waals surface area contributed by atoms with Crippen molar-refractivity contribution in [2.45, 2.75) is 6.42 Å². The molecule has 0 amide bonds. The van der Waals surface area contributed by atoms with Crippen LogP contribution in [0.4, 0.5) is 0 Å². The second-order valence-electron chi connectivity index (χ2n) is 0.892. The van der Waals surface area contributed by atoms with E-state index in [2.05, 4.69) is 5.73 Å². The van der Waals surface area contributed by atoms with Crippen molar-refractivity contribution in [2.24, 2.45) is 11.5 Å². The van der Waals surface area contributed by atoms with Gasteiger partial charge >= 0.3 is 0 Å². The third-order valence-corrected chi connectivity index (χ3v) is 0.381. The Hall–Kier alpha value is -0.0800. The van der Waals surface area contributed by atoms with Crippen LogP contribution in [0.5, 0.6) is 0 Å². The van der Waals surface area contributed by atoms with E-state index in [1.54, 1.807) is 0 Å². The van der Waals surface area contributed by atoms with Crippen molar-refractivity contribution in [1.82, 2.24) is 0 Å². The Morgan fingerprint density at radius 2 is 2.40 bits per heavy atom. The van der Waals surface area contributed by atoms with E-state index in [-0.39, 0.29) is 0 Å². The molecule has 0 atom stereocenters. The summed E-state index contributed by atoms with van der Waals surface area (Å²) in [5, 5.41) is 0. The van der Waals surface area contributed by atoms with Crippen molar-refractivity contribution < 1.29 is 1.41 Å². The van der Waals surface area contributed by atoms with Gasteiger partial charge in [0.25, 0.3) is 0 Å². The second-order valence-corrected chi connectivity index (χ2v) is 0.892. The van der Waals surface area contributed by atoms with Gasteiger partial charge in [0.1, 0.15) is 1.41 Å². The minimum Gasteiger partial charge on any atom is -0.330 e. The molecule has 0 aliphatic heterocycles. The van der Waals surface area contributed by atoms with Crippen LogP contribution < -0.4 is 11.5 Å². The van der Waals surface area contributed by atoms with Gasteiger partial charge < -0.3 is 11.5 Å². The van der Waals surface area contributed by atoms with Crippen molar-refractivity contribution in [1.29, 1.82) is 0 Å². The van der Waals surface area contributed by atoms with Crippen molar-refractivity contribution in [3.63, 3.8) is 0 Å². The minimum absolute atomic E-state index is 0.672. The Balaban J connectivity index is 2.34. The third-order valence-electron chi connectivity index (χ3n) is 0.381. The van der Waals surface area contributed by atoms with Crippen LogP contribution in [0.1, 0.15) is 6.42 Å². The van der Waals surface area contributed by atoms with Crippen LogP contribution >= 0.6 is 0 Å². The van der Waals surface area contributed by atoms with E-state index in [1.807, 2.05) is 0 Å². The zero-order valence-corrected chi connectivity index (χ0v) is 3.20. The van der Waals surface area contributed by atoms with Crippen LogP contribution in [0.25, 0.3) is 0 Å². The molecule has 4 N–H and O–H groups in total. The highest BCUT2D eigenvalue weighted by atomic mass is 14.6.